The van der Waals surface area contributed by atoms with E-state index in [9.17, 15) is 9.90 Å². The Morgan fingerprint density at radius 1 is 0.564 bits per heavy atom. The van der Waals surface area contributed by atoms with Gasteiger partial charge in [0.2, 0.25) is 0 Å². The summed E-state index contributed by atoms with van der Waals surface area (Å²) in [6, 6.07) is 14.4. The number of carbonyl (C=O) groups is 1. The summed E-state index contributed by atoms with van der Waals surface area (Å²) < 4.78 is 11.7. The van der Waals surface area contributed by atoms with Crippen molar-refractivity contribution < 1.29 is 19.4 Å². The summed E-state index contributed by atoms with van der Waals surface area (Å²) in [5.74, 6) is 1.26. The number of aliphatic hydroxyl groups is 1. The predicted octanol–water partition coefficient (Wildman–Crippen LogP) is 10.5. The number of allylic oxidation sites excluding steroid dienone is 1. The van der Waals surface area contributed by atoms with Crippen molar-refractivity contribution >= 4 is 11.5 Å². The van der Waals surface area contributed by atoms with Gasteiger partial charge in [0.05, 0.1) is 13.2 Å². The smallest absolute Gasteiger partial charge is 0.189 e. The van der Waals surface area contributed by atoms with Gasteiger partial charge in [-0.1, -0.05) is 104 Å². The topological polar surface area (TPSA) is 55.8 Å². The SMILES string of the molecule is CCCCCCCCCCOc1ccc(C(=O)/C=C(/O)c2ccc(OCCCCCCCCCC)cc2)cc1. The summed E-state index contributed by atoms with van der Waals surface area (Å²) in [7, 11) is 0. The fourth-order valence-corrected chi connectivity index (χ4v) is 4.58. The molecule has 2 aromatic rings. The molecule has 0 aliphatic rings. The summed E-state index contributed by atoms with van der Waals surface area (Å²) in [5.41, 5.74) is 1.11. The Morgan fingerprint density at radius 3 is 1.33 bits per heavy atom. The zero-order chi connectivity index (χ0) is 28.0. The largest absolute Gasteiger partial charge is 0.507 e. The summed E-state index contributed by atoms with van der Waals surface area (Å²) in [6.45, 7) is 5.89. The van der Waals surface area contributed by atoms with Crippen LogP contribution >= 0.6 is 0 Å². The molecule has 0 fully saturated rings. The Kier molecular flexibility index (Phi) is 17.6. The zero-order valence-corrected chi connectivity index (χ0v) is 24.6. The maximum Gasteiger partial charge on any atom is 0.189 e. The minimum absolute atomic E-state index is 0.0513. The third-order valence-corrected chi connectivity index (χ3v) is 7.09. The minimum atomic E-state index is -0.239. The number of unbranched alkanes of at least 4 members (excludes halogenated alkanes) is 14. The fourth-order valence-electron chi connectivity index (χ4n) is 4.58. The van der Waals surface area contributed by atoms with Crippen molar-refractivity contribution in [1.82, 2.24) is 0 Å². The average molecular weight is 537 g/mol. The molecule has 39 heavy (non-hydrogen) atoms. The highest BCUT2D eigenvalue weighted by Gasteiger charge is 2.07. The molecule has 1 N–H and O–H groups in total. The van der Waals surface area contributed by atoms with Gasteiger partial charge in [-0.05, 0) is 61.4 Å². The number of hydrogen-bond acceptors (Lipinski definition) is 4. The first-order valence-corrected chi connectivity index (χ1v) is 15.5. The Morgan fingerprint density at radius 2 is 0.923 bits per heavy atom. The van der Waals surface area contributed by atoms with Crippen molar-refractivity contribution in [1.29, 1.82) is 0 Å². The van der Waals surface area contributed by atoms with Crippen molar-refractivity contribution in [3.63, 3.8) is 0 Å². The first-order chi connectivity index (χ1) is 19.1. The molecule has 0 spiro atoms. The van der Waals surface area contributed by atoms with E-state index in [0.29, 0.717) is 24.3 Å². The number of ether oxygens (including phenoxy) is 2. The van der Waals surface area contributed by atoms with E-state index in [1.165, 1.54) is 96.0 Å². The van der Waals surface area contributed by atoms with Crippen LogP contribution in [0.2, 0.25) is 0 Å². The van der Waals surface area contributed by atoms with Crippen molar-refractivity contribution in [2.24, 2.45) is 0 Å². The molecule has 0 radical (unpaired) electrons. The first-order valence-electron chi connectivity index (χ1n) is 15.5. The molecular weight excluding hydrogens is 484 g/mol. The molecule has 0 saturated carbocycles. The Bertz CT molecular complexity index is 915. The van der Waals surface area contributed by atoms with Crippen LogP contribution in [-0.4, -0.2) is 24.1 Å². The van der Waals surface area contributed by atoms with E-state index in [-0.39, 0.29) is 11.5 Å². The number of ketones is 1. The third-order valence-electron chi connectivity index (χ3n) is 7.09. The molecule has 0 amide bonds. The molecule has 0 aliphatic carbocycles. The lowest BCUT2D eigenvalue weighted by Gasteiger charge is -2.08. The van der Waals surface area contributed by atoms with Crippen LogP contribution in [-0.2, 0) is 0 Å². The zero-order valence-electron chi connectivity index (χ0n) is 24.6. The highest BCUT2D eigenvalue weighted by atomic mass is 16.5. The monoisotopic (exact) mass is 536 g/mol. The van der Waals surface area contributed by atoms with Gasteiger partial charge in [-0.15, -0.1) is 0 Å². The number of hydrogen-bond donors (Lipinski definition) is 1. The van der Waals surface area contributed by atoms with Crippen LogP contribution in [0.4, 0.5) is 0 Å². The Hall–Kier alpha value is -2.75. The molecule has 2 aromatic carbocycles. The summed E-state index contributed by atoms with van der Waals surface area (Å²) in [4.78, 5) is 12.6. The molecule has 0 atom stereocenters. The minimum Gasteiger partial charge on any atom is -0.507 e. The van der Waals surface area contributed by atoms with Gasteiger partial charge in [0, 0.05) is 17.2 Å². The molecule has 4 heteroatoms. The summed E-state index contributed by atoms with van der Waals surface area (Å²) in [5, 5.41) is 10.5. The number of aliphatic hydroxyl groups excluding tert-OH is 1. The molecule has 0 bridgehead atoms. The number of rotatable bonds is 23. The second-order valence-corrected chi connectivity index (χ2v) is 10.6. The molecule has 0 unspecified atom stereocenters. The van der Waals surface area contributed by atoms with Gasteiger partial charge in [0.25, 0.3) is 0 Å². The van der Waals surface area contributed by atoms with E-state index in [4.69, 9.17) is 9.47 Å². The van der Waals surface area contributed by atoms with Crippen molar-refractivity contribution in [3.05, 3.63) is 65.7 Å². The highest BCUT2D eigenvalue weighted by Crippen LogP contribution is 2.20. The van der Waals surface area contributed by atoms with Crippen LogP contribution < -0.4 is 9.47 Å². The van der Waals surface area contributed by atoms with Crippen LogP contribution in [0.3, 0.4) is 0 Å². The maximum absolute atomic E-state index is 12.6. The second-order valence-electron chi connectivity index (χ2n) is 10.6. The molecule has 0 aromatic heterocycles. The van der Waals surface area contributed by atoms with Crippen molar-refractivity contribution in [2.75, 3.05) is 13.2 Å². The van der Waals surface area contributed by atoms with Crippen LogP contribution in [0.15, 0.2) is 54.6 Å². The molecule has 0 aliphatic heterocycles. The van der Waals surface area contributed by atoms with E-state index < -0.39 is 0 Å². The lowest BCUT2D eigenvalue weighted by Crippen LogP contribution is -2.00. The summed E-state index contributed by atoms with van der Waals surface area (Å²) in [6.07, 6.45) is 21.6. The van der Waals surface area contributed by atoms with E-state index in [1.807, 2.05) is 24.3 Å². The average Bonchev–Trinajstić information content (AvgIpc) is 2.96. The van der Waals surface area contributed by atoms with Crippen molar-refractivity contribution in [2.45, 2.75) is 117 Å². The van der Waals surface area contributed by atoms with Crippen LogP contribution in [0, 0.1) is 0 Å². The summed E-state index contributed by atoms with van der Waals surface area (Å²) >= 11 is 0. The van der Waals surface area contributed by atoms with Gasteiger partial charge in [0.15, 0.2) is 5.78 Å². The maximum atomic E-state index is 12.6. The molecule has 0 heterocycles. The normalized spacial score (nSPS) is 11.5. The number of carbonyl (C=O) groups excluding carboxylic acids is 1. The first kappa shape index (κ1) is 32.5. The lowest BCUT2D eigenvalue weighted by atomic mass is 10.1. The molecule has 4 nitrogen and oxygen atoms in total. The van der Waals surface area contributed by atoms with Gasteiger partial charge in [0.1, 0.15) is 17.3 Å². The van der Waals surface area contributed by atoms with Crippen LogP contribution in [0.1, 0.15) is 133 Å². The van der Waals surface area contributed by atoms with Gasteiger partial charge in [-0.25, -0.2) is 0 Å². The van der Waals surface area contributed by atoms with E-state index >= 15 is 0 Å². The second kappa shape index (κ2) is 21.1. The van der Waals surface area contributed by atoms with Crippen molar-refractivity contribution in [3.8, 4) is 11.5 Å². The Balaban J connectivity index is 1.66. The highest BCUT2D eigenvalue weighted by molar-refractivity contribution is 6.07. The van der Waals surface area contributed by atoms with Crippen LogP contribution in [0.5, 0.6) is 11.5 Å². The van der Waals surface area contributed by atoms with Crippen LogP contribution in [0.25, 0.3) is 5.76 Å². The Labute approximate surface area is 237 Å². The standard InChI is InChI=1S/C35H52O4/c1-3-5-7-9-11-13-15-17-27-38-32-23-19-30(20-24-32)34(36)29-35(37)31-21-25-33(26-22-31)39-28-18-16-14-12-10-8-6-4-2/h19-26,29,36H,3-18,27-28H2,1-2H3/b34-29+. The fraction of sp³-hybridized carbons (Fsp3) is 0.571. The van der Waals surface area contributed by atoms with Gasteiger partial charge >= 0.3 is 0 Å². The molecular formula is C35H52O4. The van der Waals surface area contributed by atoms with Gasteiger partial charge in [-0.2, -0.15) is 0 Å². The van der Waals surface area contributed by atoms with Gasteiger partial charge in [-0.3, -0.25) is 4.79 Å². The van der Waals surface area contributed by atoms with Gasteiger partial charge < -0.3 is 14.6 Å². The predicted molar refractivity (Wildman–Crippen MR) is 164 cm³/mol. The lowest BCUT2D eigenvalue weighted by molar-refractivity contribution is 0.104. The third kappa shape index (κ3) is 14.8. The molecule has 216 valence electrons. The quantitative estimate of drug-likeness (QED) is 0.0664. The van der Waals surface area contributed by atoms with E-state index in [0.717, 1.165) is 24.3 Å². The number of benzene rings is 2. The molecule has 2 rings (SSSR count). The van der Waals surface area contributed by atoms with E-state index in [2.05, 4.69) is 13.8 Å². The van der Waals surface area contributed by atoms with E-state index in [1.54, 1.807) is 24.3 Å². The molecule has 0 saturated heterocycles.